The third-order valence-corrected chi connectivity index (χ3v) is 3.80. The largest absolute Gasteiger partial charge is 0.370 e. The molecule has 0 unspecified atom stereocenters. The fourth-order valence-electron chi connectivity index (χ4n) is 2.57. The van der Waals surface area contributed by atoms with Crippen molar-refractivity contribution in [3.63, 3.8) is 0 Å². The van der Waals surface area contributed by atoms with Crippen LogP contribution in [0.1, 0.15) is 26.7 Å². The first-order valence-corrected chi connectivity index (χ1v) is 6.94. The van der Waals surface area contributed by atoms with Crippen molar-refractivity contribution in [3.8, 4) is 0 Å². The summed E-state index contributed by atoms with van der Waals surface area (Å²) in [5.74, 6) is 0. The van der Waals surface area contributed by atoms with E-state index in [9.17, 15) is 0 Å². The maximum Gasteiger partial charge on any atom is 0.0793 e. The van der Waals surface area contributed by atoms with Crippen LogP contribution in [0.5, 0.6) is 0 Å². The van der Waals surface area contributed by atoms with E-state index in [-0.39, 0.29) is 0 Å². The Hall–Kier alpha value is -0.890. The zero-order valence-electron chi connectivity index (χ0n) is 10.7. The molecular weight excluding hydrogens is 232 g/mol. The standard InChI is InChI=1S/C14H21ClN2/c1-3-16(4-2)14-12(15)8-7-9-13(14)17-10-5-6-11-17/h7-9H,3-6,10-11H2,1-2H3. The van der Waals surface area contributed by atoms with Crippen molar-refractivity contribution in [2.45, 2.75) is 26.7 Å². The van der Waals surface area contributed by atoms with Gasteiger partial charge in [0.15, 0.2) is 0 Å². The van der Waals surface area contributed by atoms with Gasteiger partial charge in [-0.15, -0.1) is 0 Å². The molecule has 1 aromatic rings. The third-order valence-electron chi connectivity index (χ3n) is 3.49. The Morgan fingerprint density at radius 3 is 2.41 bits per heavy atom. The van der Waals surface area contributed by atoms with Crippen molar-refractivity contribution in [2.75, 3.05) is 36.0 Å². The lowest BCUT2D eigenvalue weighted by atomic mass is 10.2. The van der Waals surface area contributed by atoms with Gasteiger partial charge in [-0.1, -0.05) is 17.7 Å². The Kier molecular flexibility index (Phi) is 4.16. The molecule has 0 spiro atoms. The molecule has 0 saturated carbocycles. The molecule has 3 heteroatoms. The Bertz CT molecular complexity index is 368. The van der Waals surface area contributed by atoms with E-state index in [1.807, 2.05) is 6.07 Å². The average molecular weight is 253 g/mol. The van der Waals surface area contributed by atoms with E-state index in [0.29, 0.717) is 0 Å². The molecule has 1 fully saturated rings. The van der Waals surface area contributed by atoms with Crippen molar-refractivity contribution in [1.29, 1.82) is 0 Å². The van der Waals surface area contributed by atoms with Crippen molar-refractivity contribution in [3.05, 3.63) is 23.2 Å². The normalized spacial score (nSPS) is 15.4. The van der Waals surface area contributed by atoms with Crippen molar-refractivity contribution >= 4 is 23.0 Å². The first kappa shape index (κ1) is 12.6. The van der Waals surface area contributed by atoms with Crippen molar-refractivity contribution < 1.29 is 0 Å². The number of halogens is 1. The quantitative estimate of drug-likeness (QED) is 0.805. The fourth-order valence-corrected chi connectivity index (χ4v) is 2.86. The molecule has 1 aromatic carbocycles. The summed E-state index contributed by atoms with van der Waals surface area (Å²) < 4.78 is 0. The van der Waals surface area contributed by atoms with Crippen LogP contribution in [0.4, 0.5) is 11.4 Å². The molecule has 2 nitrogen and oxygen atoms in total. The lowest BCUT2D eigenvalue weighted by Gasteiger charge is -2.29. The van der Waals surface area contributed by atoms with E-state index >= 15 is 0 Å². The molecule has 0 bridgehead atoms. The van der Waals surface area contributed by atoms with Gasteiger partial charge in [0.05, 0.1) is 16.4 Å². The minimum Gasteiger partial charge on any atom is -0.370 e. The molecule has 0 atom stereocenters. The topological polar surface area (TPSA) is 6.48 Å². The summed E-state index contributed by atoms with van der Waals surface area (Å²) in [5.41, 5.74) is 2.51. The van der Waals surface area contributed by atoms with E-state index in [1.54, 1.807) is 0 Å². The highest BCUT2D eigenvalue weighted by Crippen LogP contribution is 2.37. The Balaban J connectivity index is 2.39. The molecule has 17 heavy (non-hydrogen) atoms. The van der Waals surface area contributed by atoms with Gasteiger partial charge in [0.2, 0.25) is 0 Å². The molecule has 94 valence electrons. The molecule has 0 amide bonds. The van der Waals surface area contributed by atoms with E-state index in [0.717, 1.165) is 31.2 Å². The summed E-state index contributed by atoms with van der Waals surface area (Å²) in [6.07, 6.45) is 2.59. The van der Waals surface area contributed by atoms with E-state index < -0.39 is 0 Å². The first-order chi connectivity index (χ1) is 8.27. The zero-order valence-corrected chi connectivity index (χ0v) is 11.5. The monoisotopic (exact) mass is 252 g/mol. The summed E-state index contributed by atoms with van der Waals surface area (Å²) in [6.45, 7) is 8.69. The van der Waals surface area contributed by atoms with Gasteiger partial charge in [0, 0.05) is 26.2 Å². The molecule has 0 aliphatic carbocycles. The molecular formula is C14H21ClN2. The Labute approximate surface area is 109 Å². The highest BCUT2D eigenvalue weighted by molar-refractivity contribution is 6.34. The third kappa shape index (κ3) is 2.52. The van der Waals surface area contributed by atoms with E-state index in [1.165, 1.54) is 24.2 Å². The lowest BCUT2D eigenvalue weighted by molar-refractivity contribution is 0.856. The second kappa shape index (κ2) is 5.63. The second-order valence-electron chi connectivity index (χ2n) is 4.47. The maximum atomic E-state index is 6.39. The fraction of sp³-hybridized carbons (Fsp3) is 0.571. The molecule has 0 radical (unpaired) electrons. The predicted molar refractivity (Wildman–Crippen MR) is 76.5 cm³/mol. The van der Waals surface area contributed by atoms with Crippen LogP contribution in [0.15, 0.2) is 18.2 Å². The van der Waals surface area contributed by atoms with Gasteiger partial charge in [-0.05, 0) is 38.8 Å². The summed E-state index contributed by atoms with van der Waals surface area (Å²) >= 11 is 6.39. The molecule has 1 aliphatic heterocycles. The van der Waals surface area contributed by atoms with E-state index in [4.69, 9.17) is 11.6 Å². The number of rotatable bonds is 4. The number of nitrogens with zero attached hydrogens (tertiary/aromatic N) is 2. The van der Waals surface area contributed by atoms with Crippen LogP contribution in [-0.2, 0) is 0 Å². The number of hydrogen-bond donors (Lipinski definition) is 0. The second-order valence-corrected chi connectivity index (χ2v) is 4.88. The smallest absolute Gasteiger partial charge is 0.0793 e. The molecule has 1 heterocycles. The van der Waals surface area contributed by atoms with Crippen LogP contribution in [0.3, 0.4) is 0 Å². The lowest BCUT2D eigenvalue weighted by Crippen LogP contribution is -2.27. The molecule has 1 saturated heterocycles. The van der Waals surface area contributed by atoms with Gasteiger partial charge >= 0.3 is 0 Å². The van der Waals surface area contributed by atoms with Gasteiger partial charge in [-0.2, -0.15) is 0 Å². The zero-order chi connectivity index (χ0) is 12.3. The molecule has 0 N–H and O–H groups in total. The summed E-state index contributed by atoms with van der Waals surface area (Å²) in [7, 11) is 0. The Morgan fingerprint density at radius 1 is 1.18 bits per heavy atom. The van der Waals surface area contributed by atoms with Crippen LogP contribution >= 0.6 is 11.6 Å². The van der Waals surface area contributed by atoms with Crippen molar-refractivity contribution in [1.82, 2.24) is 0 Å². The number of anilines is 2. The number of hydrogen-bond acceptors (Lipinski definition) is 2. The average Bonchev–Trinajstić information content (AvgIpc) is 2.86. The number of para-hydroxylation sites is 1. The van der Waals surface area contributed by atoms with E-state index in [2.05, 4.69) is 35.8 Å². The van der Waals surface area contributed by atoms with Gasteiger partial charge in [-0.3, -0.25) is 0 Å². The molecule has 1 aliphatic rings. The molecule has 2 rings (SSSR count). The maximum absolute atomic E-state index is 6.39. The minimum atomic E-state index is 0.873. The molecule has 0 aromatic heterocycles. The van der Waals surface area contributed by atoms with Crippen LogP contribution in [0.25, 0.3) is 0 Å². The van der Waals surface area contributed by atoms with Gasteiger partial charge in [-0.25, -0.2) is 0 Å². The highest BCUT2D eigenvalue weighted by Gasteiger charge is 2.19. The minimum absolute atomic E-state index is 0.873. The SMILES string of the molecule is CCN(CC)c1c(Cl)cccc1N1CCCC1. The van der Waals surface area contributed by atoms with Gasteiger partial charge in [0.1, 0.15) is 0 Å². The van der Waals surface area contributed by atoms with Gasteiger partial charge in [0.25, 0.3) is 0 Å². The van der Waals surface area contributed by atoms with Crippen LogP contribution in [-0.4, -0.2) is 26.2 Å². The van der Waals surface area contributed by atoms with Crippen LogP contribution in [0, 0.1) is 0 Å². The highest BCUT2D eigenvalue weighted by atomic mass is 35.5. The van der Waals surface area contributed by atoms with Crippen LogP contribution < -0.4 is 9.80 Å². The summed E-state index contributed by atoms with van der Waals surface area (Å²) in [6, 6.07) is 6.25. The van der Waals surface area contributed by atoms with Crippen LogP contribution in [0.2, 0.25) is 5.02 Å². The first-order valence-electron chi connectivity index (χ1n) is 6.56. The van der Waals surface area contributed by atoms with Crippen molar-refractivity contribution in [2.24, 2.45) is 0 Å². The number of benzene rings is 1. The van der Waals surface area contributed by atoms with Gasteiger partial charge < -0.3 is 9.80 Å². The Morgan fingerprint density at radius 2 is 1.82 bits per heavy atom. The summed E-state index contributed by atoms with van der Waals surface area (Å²) in [5, 5.41) is 0.873. The summed E-state index contributed by atoms with van der Waals surface area (Å²) in [4.78, 5) is 4.80. The predicted octanol–water partition coefficient (Wildman–Crippen LogP) is 3.79.